The van der Waals surface area contributed by atoms with Crippen LogP contribution in [0.2, 0.25) is 0 Å². The molecule has 2 bridgehead atoms. The lowest BCUT2D eigenvalue weighted by molar-refractivity contribution is 0.101. The number of fused-ring (bicyclic) bond motifs is 4. The number of carbonyl (C=O) groups excluding carboxylic acids is 1. The molecule has 1 aromatic heterocycles. The molecule has 0 aliphatic carbocycles. The highest BCUT2D eigenvalue weighted by Crippen LogP contribution is 2.35. The molecule has 0 saturated carbocycles. The molecule has 1 fully saturated rings. The summed E-state index contributed by atoms with van der Waals surface area (Å²) in [5.74, 6) is 0.814. The molecule has 2 aliphatic heterocycles. The average molecular weight is 367 g/mol. The maximum Gasteiger partial charge on any atom is 0.250 e. The zero-order chi connectivity index (χ0) is 18.3. The zero-order valence-corrected chi connectivity index (χ0v) is 15.5. The van der Waals surface area contributed by atoms with Crippen LogP contribution < -0.4 is 10.9 Å². The third-order valence-corrected chi connectivity index (χ3v) is 5.67. The van der Waals surface area contributed by atoms with E-state index >= 15 is 0 Å². The smallest absolute Gasteiger partial charge is 0.250 e. The van der Waals surface area contributed by atoms with Crippen LogP contribution >= 0.6 is 12.2 Å². The highest BCUT2D eigenvalue weighted by Gasteiger charge is 2.35. The number of anilines is 1. The minimum atomic E-state index is 0.0527. The van der Waals surface area contributed by atoms with E-state index in [4.69, 9.17) is 12.2 Å². The maximum atomic E-state index is 12.1. The lowest BCUT2D eigenvalue weighted by atomic mass is 9.83. The molecule has 0 radical (unpaired) electrons. The van der Waals surface area contributed by atoms with Crippen molar-refractivity contribution >= 4 is 28.8 Å². The molecule has 2 aromatic rings. The fourth-order valence-corrected chi connectivity index (χ4v) is 4.32. The minimum Gasteiger partial charge on any atom is -0.348 e. The molecule has 0 amide bonds. The molecule has 2 aliphatic rings. The maximum absolute atomic E-state index is 12.1. The van der Waals surface area contributed by atoms with Crippen LogP contribution in [0.15, 0.2) is 47.3 Å². The quantitative estimate of drug-likeness (QED) is 0.653. The number of nitrogens with zero attached hydrogens (tertiary/aromatic N) is 2. The minimum absolute atomic E-state index is 0.0527. The molecule has 2 unspecified atom stereocenters. The first kappa shape index (κ1) is 17.0. The number of rotatable bonds is 2. The summed E-state index contributed by atoms with van der Waals surface area (Å²) < 4.78 is 1.92. The zero-order valence-electron chi connectivity index (χ0n) is 14.6. The predicted octanol–water partition coefficient (Wildman–Crippen LogP) is 2.87. The van der Waals surface area contributed by atoms with E-state index < -0.39 is 0 Å². The Hall–Kier alpha value is -2.47. The molecular weight excluding hydrogens is 346 g/mol. The van der Waals surface area contributed by atoms with Gasteiger partial charge in [-0.3, -0.25) is 9.59 Å². The van der Waals surface area contributed by atoms with Crippen molar-refractivity contribution in [3.05, 3.63) is 64.1 Å². The monoisotopic (exact) mass is 367 g/mol. The Balaban J connectivity index is 1.49. The second-order valence-corrected chi connectivity index (χ2v) is 7.55. The van der Waals surface area contributed by atoms with Crippen molar-refractivity contribution in [1.29, 1.82) is 0 Å². The lowest BCUT2D eigenvalue weighted by Crippen LogP contribution is -2.50. The molecule has 1 saturated heterocycles. The summed E-state index contributed by atoms with van der Waals surface area (Å²) in [6.45, 7) is 3.99. The van der Waals surface area contributed by atoms with E-state index in [0.717, 1.165) is 37.4 Å². The molecule has 26 heavy (non-hydrogen) atoms. The van der Waals surface area contributed by atoms with Crippen LogP contribution in [0.25, 0.3) is 0 Å². The Labute approximate surface area is 157 Å². The van der Waals surface area contributed by atoms with E-state index in [1.807, 2.05) is 22.8 Å². The van der Waals surface area contributed by atoms with E-state index in [-0.39, 0.29) is 11.3 Å². The Morgan fingerprint density at radius 2 is 1.88 bits per heavy atom. The SMILES string of the molecule is CC(=O)c1ccc(NC(=S)N2CC3CC(C2)c2cccc(=O)n2C3)cc1. The van der Waals surface area contributed by atoms with Gasteiger partial charge in [0.05, 0.1) is 0 Å². The second-order valence-electron chi connectivity index (χ2n) is 7.17. The van der Waals surface area contributed by atoms with Crippen LogP contribution in [0.4, 0.5) is 5.69 Å². The van der Waals surface area contributed by atoms with Gasteiger partial charge in [-0.25, -0.2) is 0 Å². The van der Waals surface area contributed by atoms with Crippen LogP contribution in [0.3, 0.4) is 0 Å². The van der Waals surface area contributed by atoms with Crippen molar-refractivity contribution in [2.24, 2.45) is 5.92 Å². The number of carbonyl (C=O) groups is 1. The van der Waals surface area contributed by atoms with Crippen LogP contribution in [-0.2, 0) is 6.54 Å². The van der Waals surface area contributed by atoms with Crippen LogP contribution in [0.5, 0.6) is 0 Å². The molecule has 4 rings (SSSR count). The lowest BCUT2D eigenvalue weighted by Gasteiger charge is -2.43. The van der Waals surface area contributed by atoms with E-state index in [1.54, 1.807) is 25.1 Å². The van der Waals surface area contributed by atoms with E-state index in [0.29, 0.717) is 22.5 Å². The first-order valence-corrected chi connectivity index (χ1v) is 9.29. The molecule has 3 heterocycles. The van der Waals surface area contributed by atoms with E-state index in [1.165, 1.54) is 0 Å². The predicted molar refractivity (Wildman–Crippen MR) is 106 cm³/mol. The first-order chi connectivity index (χ1) is 12.5. The number of piperidine rings is 1. The summed E-state index contributed by atoms with van der Waals surface area (Å²) >= 11 is 5.62. The third-order valence-electron chi connectivity index (χ3n) is 5.31. The molecule has 6 heteroatoms. The molecule has 1 aromatic carbocycles. The highest BCUT2D eigenvalue weighted by molar-refractivity contribution is 7.80. The summed E-state index contributed by atoms with van der Waals surface area (Å²) in [5.41, 5.74) is 2.78. The summed E-state index contributed by atoms with van der Waals surface area (Å²) in [5, 5.41) is 3.98. The van der Waals surface area contributed by atoms with Gasteiger partial charge < -0.3 is 14.8 Å². The highest BCUT2D eigenvalue weighted by atomic mass is 32.1. The normalized spacial score (nSPS) is 21.0. The van der Waals surface area contributed by atoms with Gasteiger partial charge in [-0.15, -0.1) is 0 Å². The Morgan fingerprint density at radius 3 is 2.62 bits per heavy atom. The standard InChI is InChI=1S/C20H21N3O2S/c1-13(24)15-5-7-17(8-6-15)21-20(26)22-10-14-9-16(12-22)18-3-2-4-19(25)23(18)11-14/h2-8,14,16H,9-12H2,1H3,(H,21,26). The van der Waals surface area contributed by atoms with Crippen molar-refractivity contribution in [2.45, 2.75) is 25.8 Å². The van der Waals surface area contributed by atoms with Crippen LogP contribution in [0, 0.1) is 5.92 Å². The topological polar surface area (TPSA) is 54.3 Å². The van der Waals surface area contributed by atoms with Gasteiger partial charge >= 0.3 is 0 Å². The second kappa shape index (κ2) is 6.68. The van der Waals surface area contributed by atoms with Crippen molar-refractivity contribution in [1.82, 2.24) is 9.47 Å². The Morgan fingerprint density at radius 1 is 1.12 bits per heavy atom. The van der Waals surface area contributed by atoms with Gasteiger partial charge in [-0.05, 0) is 61.8 Å². The van der Waals surface area contributed by atoms with Crippen molar-refractivity contribution in [3.63, 3.8) is 0 Å². The molecule has 1 N–H and O–H groups in total. The number of thiocarbonyl (C=S) groups is 1. The molecule has 5 nitrogen and oxygen atoms in total. The largest absolute Gasteiger partial charge is 0.348 e. The summed E-state index contributed by atoms with van der Waals surface area (Å²) in [6, 6.07) is 12.9. The fraction of sp³-hybridized carbons (Fsp3) is 0.350. The van der Waals surface area contributed by atoms with Gasteiger partial charge in [0.2, 0.25) is 0 Å². The molecule has 2 atom stereocenters. The molecule has 134 valence electrons. The van der Waals surface area contributed by atoms with Gasteiger partial charge in [0, 0.05) is 48.6 Å². The van der Waals surface area contributed by atoms with Gasteiger partial charge in [0.25, 0.3) is 5.56 Å². The number of aromatic nitrogens is 1. The summed E-state index contributed by atoms with van der Waals surface area (Å²) in [7, 11) is 0. The summed E-state index contributed by atoms with van der Waals surface area (Å²) in [6.07, 6.45) is 1.11. The Bertz CT molecular complexity index is 919. The van der Waals surface area contributed by atoms with Crippen molar-refractivity contribution in [2.75, 3.05) is 18.4 Å². The van der Waals surface area contributed by atoms with Crippen LogP contribution in [-0.4, -0.2) is 33.5 Å². The number of Topliss-reactive ketones (excluding diaryl/α,β-unsaturated/α-hetero) is 1. The fourth-order valence-electron chi connectivity index (χ4n) is 4.05. The Kier molecular flexibility index (Phi) is 4.36. The van der Waals surface area contributed by atoms with Gasteiger partial charge in [-0.1, -0.05) is 6.07 Å². The van der Waals surface area contributed by atoms with Crippen LogP contribution in [0.1, 0.15) is 35.3 Å². The molecular formula is C20H21N3O2S. The average Bonchev–Trinajstić information content (AvgIpc) is 2.63. The number of ketones is 1. The van der Waals surface area contributed by atoms with Crippen molar-refractivity contribution in [3.8, 4) is 0 Å². The summed E-state index contributed by atoms with van der Waals surface area (Å²) in [4.78, 5) is 25.7. The number of likely N-dealkylation sites (tertiary alicyclic amines) is 1. The molecule has 0 spiro atoms. The van der Waals surface area contributed by atoms with Crippen molar-refractivity contribution < 1.29 is 4.79 Å². The number of benzene rings is 1. The first-order valence-electron chi connectivity index (χ1n) is 8.88. The third kappa shape index (κ3) is 3.17. The number of hydrogen-bond acceptors (Lipinski definition) is 3. The van der Waals surface area contributed by atoms with E-state index in [2.05, 4.69) is 16.3 Å². The van der Waals surface area contributed by atoms with Gasteiger partial charge in [-0.2, -0.15) is 0 Å². The number of nitrogens with one attached hydrogen (secondary N) is 1. The van der Waals surface area contributed by atoms with Gasteiger partial charge in [0.15, 0.2) is 10.9 Å². The van der Waals surface area contributed by atoms with E-state index in [9.17, 15) is 9.59 Å². The number of hydrogen-bond donors (Lipinski definition) is 1. The van der Waals surface area contributed by atoms with Gasteiger partial charge in [0.1, 0.15) is 0 Å². The number of pyridine rings is 1.